The molecule has 0 fully saturated rings. The highest BCUT2D eigenvalue weighted by molar-refractivity contribution is 14.0. The number of carbonyl (C=O) groups is 1. The zero-order valence-corrected chi connectivity index (χ0v) is 15.7. The van der Waals surface area contributed by atoms with E-state index in [0.29, 0.717) is 19.0 Å². The predicted octanol–water partition coefficient (Wildman–Crippen LogP) is 1.95. The van der Waals surface area contributed by atoms with E-state index < -0.39 is 11.7 Å². The highest BCUT2D eigenvalue weighted by atomic mass is 127. The summed E-state index contributed by atoms with van der Waals surface area (Å²) in [5.74, 6) is 1.29. The number of rotatable bonds is 5. The fraction of sp³-hybridized carbons (Fsp3) is 0.846. The monoisotopic (exact) mass is 400 g/mol. The number of hydrogen-bond donors (Lipinski definition) is 3. The van der Waals surface area contributed by atoms with E-state index in [9.17, 15) is 4.79 Å². The lowest BCUT2D eigenvalue weighted by Gasteiger charge is -2.20. The van der Waals surface area contributed by atoms with Crippen LogP contribution in [0.3, 0.4) is 0 Å². The minimum Gasteiger partial charge on any atom is -0.444 e. The van der Waals surface area contributed by atoms with Gasteiger partial charge in [0.05, 0.1) is 0 Å². The average Bonchev–Trinajstić information content (AvgIpc) is 2.25. The number of ether oxygens (including phenoxy) is 1. The maximum absolute atomic E-state index is 11.4. The van der Waals surface area contributed by atoms with Gasteiger partial charge < -0.3 is 20.7 Å². The minimum absolute atomic E-state index is 0. The van der Waals surface area contributed by atoms with Crippen LogP contribution in [-0.2, 0) is 4.74 Å². The Morgan fingerprint density at radius 1 is 1.15 bits per heavy atom. The van der Waals surface area contributed by atoms with Crippen LogP contribution in [0.1, 0.15) is 34.6 Å². The largest absolute Gasteiger partial charge is 0.444 e. The lowest BCUT2D eigenvalue weighted by Crippen LogP contribution is -2.43. The SMILES string of the molecule is CN=C(NCCNC(=O)OC(C)(C)C)NCC(C)C.I. The van der Waals surface area contributed by atoms with Crippen molar-refractivity contribution in [2.75, 3.05) is 26.7 Å². The maximum atomic E-state index is 11.4. The first kappa shape index (κ1) is 21.6. The number of hydrogen-bond acceptors (Lipinski definition) is 3. The molecule has 0 saturated heterocycles. The van der Waals surface area contributed by atoms with Crippen molar-refractivity contribution in [3.63, 3.8) is 0 Å². The summed E-state index contributed by atoms with van der Waals surface area (Å²) < 4.78 is 5.13. The number of guanidine groups is 1. The Kier molecular flexibility index (Phi) is 11.8. The molecule has 0 rings (SSSR count). The van der Waals surface area contributed by atoms with Gasteiger partial charge >= 0.3 is 6.09 Å². The number of nitrogens with one attached hydrogen (secondary N) is 3. The van der Waals surface area contributed by atoms with Crippen molar-refractivity contribution < 1.29 is 9.53 Å². The molecule has 0 atom stereocenters. The Morgan fingerprint density at radius 2 is 1.70 bits per heavy atom. The molecular weight excluding hydrogens is 371 g/mol. The van der Waals surface area contributed by atoms with Gasteiger partial charge in [-0.3, -0.25) is 4.99 Å². The number of amides is 1. The molecule has 120 valence electrons. The van der Waals surface area contributed by atoms with Crippen LogP contribution < -0.4 is 16.0 Å². The zero-order valence-electron chi connectivity index (χ0n) is 13.4. The standard InChI is InChI=1S/C13H28N4O2.HI/c1-10(2)9-17-11(14-6)15-7-8-16-12(18)19-13(3,4)5;/h10H,7-9H2,1-6H3,(H,16,18)(H2,14,15,17);1H. The van der Waals surface area contributed by atoms with Crippen LogP contribution in [0.2, 0.25) is 0 Å². The van der Waals surface area contributed by atoms with Gasteiger partial charge in [-0.05, 0) is 26.7 Å². The molecule has 0 radical (unpaired) electrons. The molecule has 0 bridgehead atoms. The van der Waals surface area contributed by atoms with Gasteiger partial charge in [0, 0.05) is 26.7 Å². The number of halogens is 1. The van der Waals surface area contributed by atoms with Gasteiger partial charge in [0.25, 0.3) is 0 Å². The van der Waals surface area contributed by atoms with E-state index in [1.165, 1.54) is 0 Å². The summed E-state index contributed by atoms with van der Waals surface area (Å²) in [5, 5.41) is 8.98. The third-order valence-electron chi connectivity index (χ3n) is 1.99. The Balaban J connectivity index is 0. The second-order valence-corrected chi connectivity index (χ2v) is 5.70. The van der Waals surface area contributed by atoms with E-state index in [1.54, 1.807) is 7.05 Å². The number of nitrogens with zero attached hydrogens (tertiary/aromatic N) is 1. The van der Waals surface area contributed by atoms with Crippen LogP contribution in [0.15, 0.2) is 4.99 Å². The second kappa shape index (κ2) is 11.0. The fourth-order valence-electron chi connectivity index (χ4n) is 1.18. The third kappa shape index (κ3) is 13.7. The Bertz CT molecular complexity index is 301. The van der Waals surface area contributed by atoms with Gasteiger partial charge in [-0.25, -0.2) is 4.79 Å². The number of carbonyl (C=O) groups excluding carboxylic acids is 1. The Hall–Kier alpha value is -0.730. The highest BCUT2D eigenvalue weighted by Crippen LogP contribution is 2.05. The zero-order chi connectivity index (χ0) is 14.9. The van der Waals surface area contributed by atoms with Gasteiger partial charge in [0.1, 0.15) is 5.60 Å². The minimum atomic E-state index is -0.466. The molecular formula is C13H29IN4O2. The van der Waals surface area contributed by atoms with E-state index >= 15 is 0 Å². The molecule has 20 heavy (non-hydrogen) atoms. The second-order valence-electron chi connectivity index (χ2n) is 5.70. The molecule has 6 nitrogen and oxygen atoms in total. The van der Waals surface area contributed by atoms with Gasteiger partial charge in [-0.15, -0.1) is 24.0 Å². The van der Waals surface area contributed by atoms with Crippen LogP contribution in [0.4, 0.5) is 4.79 Å². The fourth-order valence-corrected chi connectivity index (χ4v) is 1.18. The first-order valence-corrected chi connectivity index (χ1v) is 6.66. The van der Waals surface area contributed by atoms with Crippen LogP contribution in [0, 0.1) is 5.92 Å². The quantitative estimate of drug-likeness (QED) is 0.286. The molecule has 0 unspecified atom stereocenters. The van der Waals surface area contributed by atoms with Crippen molar-refractivity contribution in [1.29, 1.82) is 0 Å². The predicted molar refractivity (Wildman–Crippen MR) is 93.9 cm³/mol. The smallest absolute Gasteiger partial charge is 0.407 e. The van der Waals surface area contributed by atoms with Gasteiger partial charge in [-0.2, -0.15) is 0 Å². The summed E-state index contributed by atoms with van der Waals surface area (Å²) in [4.78, 5) is 15.5. The van der Waals surface area contributed by atoms with Gasteiger partial charge in [0.2, 0.25) is 0 Å². The van der Waals surface area contributed by atoms with E-state index in [2.05, 4.69) is 34.8 Å². The molecule has 0 aromatic heterocycles. The Morgan fingerprint density at radius 3 is 2.15 bits per heavy atom. The normalized spacial score (nSPS) is 11.7. The summed E-state index contributed by atoms with van der Waals surface area (Å²) in [7, 11) is 1.72. The summed E-state index contributed by atoms with van der Waals surface area (Å²) in [6.07, 6.45) is -0.403. The molecule has 0 aliphatic rings. The maximum Gasteiger partial charge on any atom is 0.407 e. The number of alkyl carbamates (subject to hydrolysis) is 1. The van der Waals surface area contributed by atoms with Crippen molar-refractivity contribution in [3.8, 4) is 0 Å². The van der Waals surface area contributed by atoms with Crippen LogP contribution >= 0.6 is 24.0 Å². The average molecular weight is 400 g/mol. The molecule has 7 heteroatoms. The lowest BCUT2D eigenvalue weighted by atomic mass is 10.2. The first-order chi connectivity index (χ1) is 8.74. The van der Waals surface area contributed by atoms with E-state index in [4.69, 9.17) is 4.74 Å². The van der Waals surface area contributed by atoms with Gasteiger partial charge in [-0.1, -0.05) is 13.8 Å². The molecule has 0 spiro atoms. The molecule has 0 aromatic carbocycles. The van der Waals surface area contributed by atoms with Crippen molar-refractivity contribution in [2.24, 2.45) is 10.9 Å². The molecule has 0 saturated carbocycles. The van der Waals surface area contributed by atoms with Crippen molar-refractivity contribution in [3.05, 3.63) is 0 Å². The first-order valence-electron chi connectivity index (χ1n) is 6.66. The molecule has 0 aromatic rings. The van der Waals surface area contributed by atoms with Crippen molar-refractivity contribution in [1.82, 2.24) is 16.0 Å². The summed E-state index contributed by atoms with van der Waals surface area (Å²) in [5.41, 5.74) is -0.466. The van der Waals surface area contributed by atoms with Crippen molar-refractivity contribution in [2.45, 2.75) is 40.2 Å². The molecule has 0 heterocycles. The third-order valence-corrected chi connectivity index (χ3v) is 1.99. The van der Waals surface area contributed by atoms with E-state index in [1.807, 2.05) is 20.8 Å². The molecule has 0 aliphatic heterocycles. The highest BCUT2D eigenvalue weighted by Gasteiger charge is 2.15. The topological polar surface area (TPSA) is 74.8 Å². The molecule has 1 amide bonds. The van der Waals surface area contributed by atoms with Gasteiger partial charge in [0.15, 0.2) is 5.96 Å². The summed E-state index contributed by atoms with van der Waals surface area (Å²) >= 11 is 0. The summed E-state index contributed by atoms with van der Waals surface area (Å²) in [6.45, 7) is 11.7. The Labute approximate surface area is 139 Å². The lowest BCUT2D eigenvalue weighted by molar-refractivity contribution is 0.0529. The van der Waals surface area contributed by atoms with E-state index in [0.717, 1.165) is 12.5 Å². The van der Waals surface area contributed by atoms with Crippen molar-refractivity contribution >= 4 is 36.0 Å². The number of aliphatic imine (C=N–C) groups is 1. The van der Waals surface area contributed by atoms with E-state index in [-0.39, 0.29) is 24.0 Å². The van der Waals surface area contributed by atoms with Crippen LogP contribution in [-0.4, -0.2) is 44.3 Å². The molecule has 0 aliphatic carbocycles. The molecule has 3 N–H and O–H groups in total. The van der Waals surface area contributed by atoms with Crippen LogP contribution in [0.25, 0.3) is 0 Å². The summed E-state index contributed by atoms with van der Waals surface area (Å²) in [6, 6.07) is 0. The van der Waals surface area contributed by atoms with Crippen LogP contribution in [0.5, 0.6) is 0 Å².